The second-order valence-electron chi connectivity index (χ2n) is 16.7. The molecule has 0 amide bonds. The number of hydrogen-bond donors (Lipinski definition) is 1. The van der Waals surface area contributed by atoms with Crippen molar-refractivity contribution in [2.75, 3.05) is 10.2 Å². The minimum Gasteiger partial charge on any atom is -0.355 e. The molecule has 0 unspecified atom stereocenters. The molecule has 0 spiro atoms. The van der Waals surface area contributed by atoms with E-state index in [0.29, 0.717) is 0 Å². The number of nitrogens with one attached hydrogen (secondary N) is 1. The van der Waals surface area contributed by atoms with E-state index in [4.69, 9.17) is 0 Å². The highest BCUT2D eigenvalue weighted by atomic mass is 15.2. The molecule has 6 aromatic carbocycles. The molecule has 0 fully saturated rings. The maximum atomic E-state index is 3.91. The molecule has 1 aliphatic carbocycles. The first-order valence-corrected chi connectivity index (χ1v) is 18.0. The topological polar surface area (TPSA) is 15.3 Å². The highest BCUT2D eigenvalue weighted by molar-refractivity contribution is 6.73. The van der Waals surface area contributed by atoms with Crippen molar-refractivity contribution in [2.24, 2.45) is 0 Å². The zero-order chi connectivity index (χ0) is 33.9. The Balaban J connectivity index is 1.33. The molecule has 3 heteroatoms. The number of para-hydroxylation sites is 2. The number of nitrogens with zero attached hydrogens (tertiary/aromatic N) is 1. The molecule has 242 valence electrons. The van der Waals surface area contributed by atoms with Crippen LogP contribution < -0.4 is 21.1 Å². The lowest BCUT2D eigenvalue weighted by atomic mass is 9.55. The van der Waals surface area contributed by atoms with E-state index in [2.05, 4.69) is 168 Å². The third-order valence-corrected chi connectivity index (χ3v) is 12.1. The van der Waals surface area contributed by atoms with Crippen LogP contribution in [0.1, 0.15) is 82.2 Å². The third-order valence-electron chi connectivity index (χ3n) is 12.1. The van der Waals surface area contributed by atoms with Gasteiger partial charge in [0.05, 0.1) is 5.69 Å². The summed E-state index contributed by atoms with van der Waals surface area (Å²) < 4.78 is 0. The van der Waals surface area contributed by atoms with Crippen molar-refractivity contribution in [1.82, 2.24) is 0 Å². The normalized spacial score (nSPS) is 17.3. The lowest BCUT2D eigenvalue weighted by Crippen LogP contribution is -2.45. The van der Waals surface area contributed by atoms with Crippen molar-refractivity contribution in [3.8, 4) is 11.1 Å². The number of hydrogen-bond acceptors (Lipinski definition) is 2. The van der Waals surface area contributed by atoms with Crippen LogP contribution in [0.15, 0.2) is 109 Å². The van der Waals surface area contributed by atoms with E-state index in [0.717, 1.165) is 13.0 Å². The van der Waals surface area contributed by atoms with Crippen LogP contribution in [0.3, 0.4) is 0 Å². The Hall–Kier alpha value is -4.76. The largest absolute Gasteiger partial charge is 0.355 e. The molecule has 0 bridgehead atoms. The minimum absolute atomic E-state index is 0.106. The van der Waals surface area contributed by atoms with Gasteiger partial charge in [-0.1, -0.05) is 114 Å². The van der Waals surface area contributed by atoms with Gasteiger partial charge in [0.2, 0.25) is 0 Å². The van der Waals surface area contributed by atoms with Crippen molar-refractivity contribution in [1.29, 1.82) is 0 Å². The van der Waals surface area contributed by atoms with Gasteiger partial charge in [-0.3, -0.25) is 0 Å². The highest BCUT2D eigenvalue weighted by Gasteiger charge is 2.42. The van der Waals surface area contributed by atoms with Gasteiger partial charge in [-0.15, -0.1) is 0 Å². The Labute approximate surface area is 292 Å². The Morgan fingerprint density at radius 3 is 2.00 bits per heavy atom. The summed E-state index contributed by atoms with van der Waals surface area (Å²) in [6, 6.07) is 41.3. The first-order chi connectivity index (χ1) is 23.4. The van der Waals surface area contributed by atoms with Crippen LogP contribution in [0, 0.1) is 6.92 Å². The molecule has 0 aromatic heterocycles. The van der Waals surface area contributed by atoms with Crippen molar-refractivity contribution in [3.63, 3.8) is 0 Å². The summed E-state index contributed by atoms with van der Waals surface area (Å²) in [5.41, 5.74) is 18.9. The maximum absolute atomic E-state index is 3.91. The van der Waals surface area contributed by atoms with Crippen molar-refractivity contribution < 1.29 is 0 Å². The van der Waals surface area contributed by atoms with Gasteiger partial charge in [-0.05, 0) is 123 Å². The van der Waals surface area contributed by atoms with E-state index >= 15 is 0 Å². The second-order valence-corrected chi connectivity index (χ2v) is 16.7. The summed E-state index contributed by atoms with van der Waals surface area (Å²) in [5, 5.41) is 6.49. The lowest BCUT2D eigenvalue weighted by molar-refractivity contribution is 0.332. The fourth-order valence-electron chi connectivity index (χ4n) is 9.16. The molecule has 0 radical (unpaired) electrons. The van der Waals surface area contributed by atoms with Gasteiger partial charge in [0.15, 0.2) is 7.28 Å². The molecular weight excluding hydrogens is 591 g/mol. The van der Waals surface area contributed by atoms with E-state index in [1.54, 1.807) is 0 Å². The quantitative estimate of drug-likeness (QED) is 0.194. The van der Waals surface area contributed by atoms with E-state index in [9.17, 15) is 0 Å². The van der Waals surface area contributed by atoms with Crippen LogP contribution in [0.2, 0.25) is 0 Å². The zero-order valence-electron chi connectivity index (χ0n) is 30.0. The Kier molecular flexibility index (Phi) is 6.42. The lowest BCUT2D eigenvalue weighted by Gasteiger charge is -2.46. The van der Waals surface area contributed by atoms with Crippen LogP contribution in [0.4, 0.5) is 28.4 Å². The van der Waals surface area contributed by atoms with Crippen molar-refractivity contribution >= 4 is 57.4 Å². The molecule has 2 aliphatic heterocycles. The number of rotatable bonds is 3. The molecule has 3 aliphatic rings. The van der Waals surface area contributed by atoms with Gasteiger partial charge in [0.25, 0.3) is 0 Å². The van der Waals surface area contributed by atoms with Gasteiger partial charge < -0.3 is 10.2 Å². The zero-order valence-corrected chi connectivity index (χ0v) is 30.0. The van der Waals surface area contributed by atoms with Crippen LogP contribution in [-0.4, -0.2) is 7.28 Å². The minimum atomic E-state index is -0.116. The summed E-state index contributed by atoms with van der Waals surface area (Å²) in [5.74, 6) is 0. The monoisotopic (exact) mass is 636 g/mol. The Bertz CT molecular complexity index is 2330. The predicted octanol–water partition coefficient (Wildman–Crippen LogP) is 10.7. The summed E-state index contributed by atoms with van der Waals surface area (Å²) in [6.45, 7) is 16.8. The average Bonchev–Trinajstić information content (AvgIpc) is 3.08. The number of anilines is 5. The third kappa shape index (κ3) is 4.54. The van der Waals surface area contributed by atoms with Crippen LogP contribution in [0.25, 0.3) is 21.9 Å². The van der Waals surface area contributed by atoms with Crippen LogP contribution >= 0.6 is 0 Å². The molecule has 49 heavy (non-hydrogen) atoms. The van der Waals surface area contributed by atoms with Gasteiger partial charge in [-0.2, -0.15) is 0 Å². The van der Waals surface area contributed by atoms with Crippen molar-refractivity contribution in [2.45, 2.75) is 77.6 Å². The predicted molar refractivity (Wildman–Crippen MR) is 212 cm³/mol. The smallest absolute Gasteiger partial charge is 0.198 e. The maximum Gasteiger partial charge on any atom is 0.198 e. The molecule has 6 aromatic rings. The highest BCUT2D eigenvalue weighted by Crippen LogP contribution is 2.54. The molecule has 0 saturated heterocycles. The summed E-state index contributed by atoms with van der Waals surface area (Å²) >= 11 is 0. The molecule has 9 rings (SSSR count). The van der Waals surface area contributed by atoms with Gasteiger partial charge in [-0.25, -0.2) is 0 Å². The Morgan fingerprint density at radius 2 is 1.27 bits per heavy atom. The van der Waals surface area contributed by atoms with E-state index in [-0.39, 0.29) is 16.2 Å². The molecule has 2 heterocycles. The number of fused-ring (bicyclic) bond motifs is 6. The first kappa shape index (κ1) is 30.3. The summed E-state index contributed by atoms with van der Waals surface area (Å²) in [4.78, 5) is 2.61. The molecule has 0 atom stereocenters. The van der Waals surface area contributed by atoms with Gasteiger partial charge in [0.1, 0.15) is 0 Å². The molecular formula is C46H45BN2. The summed E-state index contributed by atoms with van der Waals surface area (Å²) in [6.07, 6.45) is 2.38. The number of aryl methyl sites for hydroxylation is 1. The molecule has 0 saturated carbocycles. The van der Waals surface area contributed by atoms with E-state index < -0.39 is 0 Å². The van der Waals surface area contributed by atoms with Crippen LogP contribution in [-0.2, 0) is 16.2 Å². The SMILES string of the molecule is Cc1cc(-c2cc3c(cc2Nc2ccccc2)C(C)(C)CCC3(C)C)c2c(c1)N1c3cc4ccccc4cc3C(C)(C)c3cccc(c31)B2. The van der Waals surface area contributed by atoms with Gasteiger partial charge in [0, 0.05) is 33.7 Å². The second kappa shape index (κ2) is 10.4. The van der Waals surface area contributed by atoms with Gasteiger partial charge >= 0.3 is 0 Å². The molecule has 1 N–H and O–H groups in total. The van der Waals surface area contributed by atoms with Crippen LogP contribution in [0.5, 0.6) is 0 Å². The fourth-order valence-corrected chi connectivity index (χ4v) is 9.16. The van der Waals surface area contributed by atoms with E-state index in [1.165, 1.54) is 96.2 Å². The first-order valence-electron chi connectivity index (χ1n) is 18.0. The number of benzene rings is 6. The Morgan fingerprint density at radius 1 is 0.592 bits per heavy atom. The average molecular weight is 637 g/mol. The summed E-state index contributed by atoms with van der Waals surface area (Å²) in [7, 11) is 0.903. The molecule has 2 nitrogen and oxygen atoms in total. The van der Waals surface area contributed by atoms with E-state index in [1.807, 2.05) is 0 Å². The van der Waals surface area contributed by atoms with Crippen molar-refractivity contribution in [3.05, 3.63) is 137 Å². The standard InChI is InChI=1S/C46H45BN2/c1-28-22-33(32-26-35-36(45(4,5)21-20-44(35,2)3)27-39(32)48-31-16-9-8-10-17-31)42-41(23-28)49-40-25-30-15-12-11-14-29(30)24-37(40)46(6,7)34-18-13-19-38(47-42)43(34)49/h8-19,22-27,47-48H,20-21H2,1-7H3. The fraction of sp³-hybridized carbons (Fsp3) is 0.261.